The second-order valence-electron chi connectivity index (χ2n) is 10.9. The fourth-order valence-electron chi connectivity index (χ4n) is 6.73. The van der Waals surface area contributed by atoms with E-state index in [1.165, 1.54) is 11.0 Å². The van der Waals surface area contributed by atoms with Gasteiger partial charge < -0.3 is 14.9 Å². The number of carboxylic acid groups (broad SMARTS) is 1. The molecule has 4 atom stereocenters. The number of para-hydroxylation sites is 1. The molecule has 0 aromatic heterocycles. The number of aliphatic hydroxyl groups is 1. The highest BCUT2D eigenvalue weighted by atomic mass is 16.5. The quantitative estimate of drug-likeness (QED) is 0.197. The summed E-state index contributed by atoms with van der Waals surface area (Å²) in [6.07, 6.45) is 5.53. The minimum Gasteiger partial charge on any atom is -0.491 e. The van der Waals surface area contributed by atoms with E-state index in [9.17, 15) is 29.1 Å². The third-order valence-electron chi connectivity index (χ3n) is 8.51. The van der Waals surface area contributed by atoms with Crippen molar-refractivity contribution in [2.24, 2.45) is 17.8 Å². The molecule has 1 aromatic carbocycles. The largest absolute Gasteiger partial charge is 0.491 e. The van der Waals surface area contributed by atoms with Crippen LogP contribution in [0.4, 0.5) is 0 Å². The van der Waals surface area contributed by atoms with Gasteiger partial charge >= 0.3 is 5.97 Å². The number of fused-ring (bicyclic) bond motifs is 3. The maximum absolute atomic E-state index is 13.7. The van der Waals surface area contributed by atoms with Crippen LogP contribution in [0.15, 0.2) is 58.7 Å². The molecule has 0 saturated carbocycles. The van der Waals surface area contributed by atoms with Crippen LogP contribution in [0.3, 0.4) is 0 Å². The predicted octanol–water partition coefficient (Wildman–Crippen LogP) is 3.13. The van der Waals surface area contributed by atoms with Gasteiger partial charge in [0.1, 0.15) is 12.4 Å². The van der Waals surface area contributed by atoms with Crippen LogP contribution in [0.25, 0.3) is 0 Å². The Bertz CT molecular complexity index is 1370. The van der Waals surface area contributed by atoms with Gasteiger partial charge in [-0.2, -0.15) is 0 Å². The molecule has 2 N–H and O–H groups in total. The second-order valence-corrected chi connectivity index (χ2v) is 10.9. The Morgan fingerprint density at radius 2 is 1.82 bits per heavy atom. The van der Waals surface area contributed by atoms with E-state index in [1.807, 2.05) is 18.2 Å². The third-order valence-corrected chi connectivity index (χ3v) is 8.51. The number of benzene rings is 1. The van der Waals surface area contributed by atoms with E-state index in [4.69, 9.17) is 9.84 Å². The molecule has 1 saturated heterocycles. The molecule has 9 heteroatoms. The lowest BCUT2D eigenvalue weighted by Crippen LogP contribution is -2.40. The molecule has 4 unspecified atom stereocenters. The number of ketones is 2. The van der Waals surface area contributed by atoms with Crippen LogP contribution >= 0.6 is 0 Å². The Labute approximate surface area is 232 Å². The Kier molecular flexibility index (Phi) is 7.85. The second kappa shape index (κ2) is 11.3. The summed E-state index contributed by atoms with van der Waals surface area (Å²) in [7, 11) is 0. The van der Waals surface area contributed by atoms with Crippen molar-refractivity contribution < 1.29 is 38.9 Å². The number of amides is 2. The standard InChI is InChI=1S/C31H33NO8/c1-17-15-23(34)22-16-21-18(26(28(22)29(17)37)19-7-4-5-8-24(19)40-14-13-33)10-11-20-27(21)31(39)32(30(20)38)12-6-2-3-9-25(35)36/h4-5,7-8,10,15,20-21,26-27,33H,2-3,6,9,11-14,16H2,1H3,(H,35,36). The van der Waals surface area contributed by atoms with Crippen molar-refractivity contribution in [3.8, 4) is 5.75 Å². The first-order valence-corrected chi connectivity index (χ1v) is 13.8. The minimum atomic E-state index is -0.873. The summed E-state index contributed by atoms with van der Waals surface area (Å²) >= 11 is 0. The summed E-state index contributed by atoms with van der Waals surface area (Å²) < 4.78 is 5.83. The van der Waals surface area contributed by atoms with Gasteiger partial charge in [0.2, 0.25) is 11.8 Å². The van der Waals surface area contributed by atoms with Gasteiger partial charge in [-0.15, -0.1) is 0 Å². The number of hydrogen-bond acceptors (Lipinski definition) is 7. The van der Waals surface area contributed by atoms with E-state index in [0.717, 1.165) is 5.57 Å². The van der Waals surface area contributed by atoms with E-state index < -0.39 is 29.6 Å². The van der Waals surface area contributed by atoms with Crippen LogP contribution in [0.1, 0.15) is 56.9 Å². The van der Waals surface area contributed by atoms with Crippen LogP contribution in [0, 0.1) is 17.8 Å². The van der Waals surface area contributed by atoms with E-state index in [1.54, 1.807) is 19.1 Å². The smallest absolute Gasteiger partial charge is 0.303 e. The number of carboxylic acids is 1. The molecule has 210 valence electrons. The third kappa shape index (κ3) is 4.83. The number of carbonyl (C=O) groups excluding carboxylic acids is 4. The van der Waals surface area contributed by atoms with Gasteiger partial charge in [0.05, 0.1) is 18.4 Å². The minimum absolute atomic E-state index is 0.0471. The van der Waals surface area contributed by atoms with Gasteiger partial charge in [-0.3, -0.25) is 28.9 Å². The van der Waals surface area contributed by atoms with Crippen molar-refractivity contribution >= 4 is 29.4 Å². The highest BCUT2D eigenvalue weighted by molar-refractivity contribution is 6.24. The molecular weight excluding hydrogens is 514 g/mol. The molecule has 3 aliphatic carbocycles. The number of unbranched alkanes of at least 4 members (excludes halogenated alkanes) is 2. The van der Waals surface area contributed by atoms with Crippen molar-refractivity contribution in [2.45, 2.75) is 51.4 Å². The number of allylic oxidation sites excluding steroid dienone is 6. The Morgan fingerprint density at radius 3 is 2.58 bits per heavy atom. The Morgan fingerprint density at radius 1 is 1.05 bits per heavy atom. The van der Waals surface area contributed by atoms with Crippen LogP contribution in [0.2, 0.25) is 0 Å². The zero-order valence-corrected chi connectivity index (χ0v) is 22.4. The van der Waals surface area contributed by atoms with Crippen LogP contribution in [0.5, 0.6) is 5.75 Å². The summed E-state index contributed by atoms with van der Waals surface area (Å²) in [4.78, 5) is 66.0. The van der Waals surface area contributed by atoms with E-state index in [2.05, 4.69) is 0 Å². The normalized spacial score (nSPS) is 25.8. The molecule has 9 nitrogen and oxygen atoms in total. The van der Waals surface area contributed by atoms with Crippen molar-refractivity contribution in [1.82, 2.24) is 4.90 Å². The first-order valence-electron chi connectivity index (χ1n) is 13.8. The summed E-state index contributed by atoms with van der Waals surface area (Å²) in [6.45, 7) is 1.73. The molecule has 0 spiro atoms. The lowest BCUT2D eigenvalue weighted by Gasteiger charge is -2.42. The number of nitrogens with zero attached hydrogens (tertiary/aromatic N) is 1. The lowest BCUT2D eigenvalue weighted by molar-refractivity contribution is -0.141. The molecule has 1 heterocycles. The zero-order chi connectivity index (χ0) is 28.6. The fourth-order valence-corrected chi connectivity index (χ4v) is 6.73. The number of hydrogen-bond donors (Lipinski definition) is 2. The zero-order valence-electron chi connectivity index (χ0n) is 22.4. The summed E-state index contributed by atoms with van der Waals surface area (Å²) in [5.41, 5.74) is 2.67. The van der Waals surface area contributed by atoms with E-state index in [-0.39, 0.29) is 56.0 Å². The van der Waals surface area contributed by atoms with Crippen molar-refractivity contribution in [3.05, 3.63) is 64.3 Å². The predicted molar refractivity (Wildman–Crippen MR) is 143 cm³/mol. The molecule has 0 bridgehead atoms. The van der Waals surface area contributed by atoms with Crippen molar-refractivity contribution in [2.75, 3.05) is 19.8 Å². The monoisotopic (exact) mass is 547 g/mol. The molecule has 1 fully saturated rings. The molecule has 5 rings (SSSR count). The molecule has 2 amide bonds. The van der Waals surface area contributed by atoms with Crippen molar-refractivity contribution in [1.29, 1.82) is 0 Å². The number of likely N-dealkylation sites (tertiary alicyclic amines) is 1. The van der Waals surface area contributed by atoms with Crippen LogP contribution in [-0.4, -0.2) is 64.2 Å². The van der Waals surface area contributed by atoms with Gasteiger partial charge in [0.15, 0.2) is 11.6 Å². The van der Waals surface area contributed by atoms with Gasteiger partial charge in [-0.25, -0.2) is 0 Å². The van der Waals surface area contributed by atoms with Gasteiger partial charge in [0.25, 0.3) is 0 Å². The maximum Gasteiger partial charge on any atom is 0.303 e. The molecule has 1 aromatic rings. The van der Waals surface area contributed by atoms with Crippen molar-refractivity contribution in [3.63, 3.8) is 0 Å². The number of carbonyl (C=O) groups is 5. The van der Waals surface area contributed by atoms with Gasteiger partial charge in [-0.05, 0) is 50.7 Å². The van der Waals surface area contributed by atoms with Crippen LogP contribution in [-0.2, 0) is 24.0 Å². The summed E-state index contributed by atoms with van der Waals surface area (Å²) in [6, 6.07) is 7.22. The van der Waals surface area contributed by atoms with E-state index >= 15 is 0 Å². The first-order chi connectivity index (χ1) is 19.2. The SMILES string of the molecule is CC1=CC(=O)C2=C(C1=O)C(c1ccccc1OCCO)C1=CCC3C(=O)N(CCCCCC(=O)O)C(=O)C3C1C2. The number of imide groups is 1. The number of aliphatic hydroxyl groups excluding tert-OH is 1. The highest BCUT2D eigenvalue weighted by Gasteiger charge is 2.56. The molecule has 0 radical (unpaired) electrons. The van der Waals surface area contributed by atoms with Gasteiger partial charge in [0, 0.05) is 41.2 Å². The number of rotatable bonds is 10. The highest BCUT2D eigenvalue weighted by Crippen LogP contribution is 2.56. The number of aliphatic carboxylic acids is 1. The fraction of sp³-hybridized carbons (Fsp3) is 0.452. The summed E-state index contributed by atoms with van der Waals surface area (Å²) in [5, 5.41) is 18.2. The average molecular weight is 548 g/mol. The summed E-state index contributed by atoms with van der Waals surface area (Å²) in [5.74, 6) is -3.55. The Balaban J connectivity index is 1.51. The first kappa shape index (κ1) is 27.7. The maximum atomic E-state index is 13.7. The molecule has 40 heavy (non-hydrogen) atoms. The lowest BCUT2D eigenvalue weighted by atomic mass is 9.59. The Hall–Kier alpha value is -3.85. The molecule has 4 aliphatic rings. The number of ether oxygens (including phenoxy) is 1. The molecule has 1 aliphatic heterocycles. The topological polar surface area (TPSA) is 138 Å². The van der Waals surface area contributed by atoms with Crippen LogP contribution < -0.4 is 4.74 Å². The van der Waals surface area contributed by atoms with E-state index in [0.29, 0.717) is 53.7 Å². The number of Topliss-reactive ketones (excluding diaryl/α,β-unsaturated/α-hetero) is 1. The molecular formula is C31H33NO8. The van der Waals surface area contributed by atoms with Gasteiger partial charge in [-0.1, -0.05) is 36.3 Å². The average Bonchev–Trinajstić information content (AvgIpc) is 3.18.